The van der Waals surface area contributed by atoms with E-state index in [-0.39, 0.29) is 40.5 Å². The van der Waals surface area contributed by atoms with E-state index in [0.717, 1.165) is 41.2 Å². The number of carbonyl (C=O) groups is 1. The van der Waals surface area contributed by atoms with Gasteiger partial charge in [0.05, 0.1) is 23.1 Å². The van der Waals surface area contributed by atoms with Crippen molar-refractivity contribution < 1.29 is 18.7 Å². The molecule has 4 N–H and O–H groups in total. The number of carboxylic acid groups (broad SMARTS) is 1. The van der Waals surface area contributed by atoms with E-state index in [1.165, 1.54) is 19.2 Å². The van der Waals surface area contributed by atoms with E-state index in [0.29, 0.717) is 16.8 Å². The second-order valence-electron chi connectivity index (χ2n) is 12.8. The van der Waals surface area contributed by atoms with E-state index >= 15 is 4.39 Å². The normalized spacial score (nSPS) is 17.2. The van der Waals surface area contributed by atoms with Crippen molar-refractivity contribution >= 4 is 23.4 Å². The highest BCUT2D eigenvalue weighted by Gasteiger charge is 2.38. The zero-order valence-electron chi connectivity index (χ0n) is 25.8. The van der Waals surface area contributed by atoms with Crippen LogP contribution >= 0.6 is 0 Å². The van der Waals surface area contributed by atoms with Gasteiger partial charge >= 0.3 is 11.7 Å². The summed E-state index contributed by atoms with van der Waals surface area (Å²) in [5.41, 5.74) is 0.812. The maximum absolute atomic E-state index is 15.1. The standard InChI is InChI=1S/C24H31F2N9O.C7H6O2/c1-23(2)10-14(11-24(3,4)31-23)28-20-17(26)12-27-21(30-20)29-18-9-19(35-22(36)34(5)32-33-35)15(8-16(18)25)13-6-7-13;8-7(9)6-4-2-1-3-5-6/h8-9,12-14,31H,6-7,10-11H2,1-5H3,(H2,27,28,29,30);1-5H,(H,8,9). The zero-order valence-corrected chi connectivity index (χ0v) is 25.8. The molecule has 1 aliphatic carbocycles. The number of aromatic carboxylic acids is 1. The van der Waals surface area contributed by atoms with Gasteiger partial charge in [-0.3, -0.25) is 0 Å². The number of anilines is 3. The molecule has 2 aromatic heterocycles. The molecule has 0 radical (unpaired) electrons. The summed E-state index contributed by atoms with van der Waals surface area (Å²) < 4.78 is 32.0. The summed E-state index contributed by atoms with van der Waals surface area (Å²) in [4.78, 5) is 31.0. The average Bonchev–Trinajstić information content (AvgIpc) is 3.75. The maximum atomic E-state index is 15.1. The fourth-order valence-corrected chi connectivity index (χ4v) is 5.89. The SMILES string of the molecule is Cn1nnn(-c2cc(Nc3ncc(F)c(NC4CC(C)(C)NC(C)(C)C4)n3)c(F)cc2C2CC2)c1=O.O=C(O)c1ccccc1. The molecule has 0 atom stereocenters. The quantitative estimate of drug-likeness (QED) is 0.227. The molecule has 0 amide bonds. The van der Waals surface area contributed by atoms with Crippen molar-refractivity contribution in [3.05, 3.63) is 81.9 Å². The summed E-state index contributed by atoms with van der Waals surface area (Å²) in [6.07, 6.45) is 4.43. The molecule has 14 heteroatoms. The second kappa shape index (κ2) is 12.3. The third kappa shape index (κ3) is 7.69. The third-order valence-electron chi connectivity index (χ3n) is 7.63. The lowest BCUT2D eigenvalue weighted by molar-refractivity contribution is 0.0697. The summed E-state index contributed by atoms with van der Waals surface area (Å²) in [6.45, 7) is 8.44. The van der Waals surface area contributed by atoms with Crippen LogP contribution in [0.15, 0.2) is 53.5 Å². The van der Waals surface area contributed by atoms with Crippen molar-refractivity contribution in [2.24, 2.45) is 7.05 Å². The summed E-state index contributed by atoms with van der Waals surface area (Å²) in [7, 11) is 1.50. The lowest BCUT2D eigenvalue weighted by Crippen LogP contribution is -2.60. The highest BCUT2D eigenvalue weighted by molar-refractivity contribution is 5.87. The van der Waals surface area contributed by atoms with E-state index in [1.54, 1.807) is 30.3 Å². The summed E-state index contributed by atoms with van der Waals surface area (Å²) in [5.74, 6) is -1.76. The first-order valence-electron chi connectivity index (χ1n) is 14.7. The first-order valence-corrected chi connectivity index (χ1v) is 14.7. The van der Waals surface area contributed by atoms with Crippen molar-refractivity contribution in [1.29, 1.82) is 0 Å². The van der Waals surface area contributed by atoms with Crippen LogP contribution in [0.3, 0.4) is 0 Å². The largest absolute Gasteiger partial charge is 0.478 e. The van der Waals surface area contributed by atoms with E-state index in [9.17, 15) is 14.0 Å². The van der Waals surface area contributed by atoms with Crippen LogP contribution in [-0.4, -0.2) is 58.0 Å². The van der Waals surface area contributed by atoms with Gasteiger partial charge in [-0.05, 0) is 99.6 Å². The van der Waals surface area contributed by atoms with Crippen LogP contribution in [0, 0.1) is 11.6 Å². The highest BCUT2D eigenvalue weighted by atomic mass is 19.1. The molecular formula is C31H37F2N9O3. The molecule has 238 valence electrons. The number of carboxylic acids is 1. The molecule has 1 saturated heterocycles. The van der Waals surface area contributed by atoms with Crippen LogP contribution < -0.4 is 21.6 Å². The number of aryl methyl sites for hydroxylation is 1. The lowest BCUT2D eigenvalue weighted by atomic mass is 9.79. The smallest absolute Gasteiger partial charge is 0.368 e. The molecule has 3 heterocycles. The third-order valence-corrected chi connectivity index (χ3v) is 7.63. The lowest BCUT2D eigenvalue weighted by Gasteiger charge is -2.46. The Morgan fingerprint density at radius 2 is 1.69 bits per heavy atom. The van der Waals surface area contributed by atoms with Gasteiger partial charge in [0, 0.05) is 24.2 Å². The number of piperidine rings is 1. The van der Waals surface area contributed by atoms with Gasteiger partial charge in [0.25, 0.3) is 0 Å². The molecule has 1 saturated carbocycles. The van der Waals surface area contributed by atoms with E-state index < -0.39 is 23.3 Å². The second-order valence-corrected chi connectivity index (χ2v) is 12.8. The molecule has 2 fully saturated rings. The van der Waals surface area contributed by atoms with Gasteiger partial charge in [0.15, 0.2) is 11.6 Å². The number of halogens is 2. The number of benzene rings is 2. The first kappa shape index (κ1) is 31.7. The molecule has 45 heavy (non-hydrogen) atoms. The molecule has 12 nitrogen and oxygen atoms in total. The number of aromatic nitrogens is 6. The molecule has 0 unspecified atom stereocenters. The van der Waals surface area contributed by atoms with Gasteiger partial charge in [-0.2, -0.15) is 14.3 Å². The highest BCUT2D eigenvalue weighted by Crippen LogP contribution is 2.44. The number of nitrogens with zero attached hydrogens (tertiary/aromatic N) is 6. The van der Waals surface area contributed by atoms with Crippen molar-refractivity contribution in [1.82, 2.24) is 35.1 Å². The van der Waals surface area contributed by atoms with Crippen LogP contribution in [0.4, 0.5) is 26.2 Å². The Labute approximate surface area is 258 Å². The minimum absolute atomic E-state index is 0.0156. The fraction of sp³-hybridized carbons (Fsp3) is 0.419. The number of rotatable bonds is 7. The van der Waals surface area contributed by atoms with E-state index in [1.807, 2.05) is 0 Å². The monoisotopic (exact) mass is 621 g/mol. The number of tetrazole rings is 1. The molecular weight excluding hydrogens is 584 g/mol. The molecule has 0 spiro atoms. The Morgan fingerprint density at radius 1 is 1.02 bits per heavy atom. The Bertz CT molecular complexity index is 1730. The summed E-state index contributed by atoms with van der Waals surface area (Å²) in [5, 5.41) is 25.7. The van der Waals surface area contributed by atoms with Gasteiger partial charge in [0.2, 0.25) is 5.95 Å². The van der Waals surface area contributed by atoms with Gasteiger partial charge < -0.3 is 21.1 Å². The molecule has 1 aliphatic heterocycles. The predicted octanol–water partition coefficient (Wildman–Crippen LogP) is 4.76. The van der Waals surface area contributed by atoms with Gasteiger partial charge in [-0.15, -0.1) is 0 Å². The summed E-state index contributed by atoms with van der Waals surface area (Å²) in [6, 6.07) is 11.2. The average molecular weight is 622 g/mol. The number of nitrogens with one attached hydrogen (secondary N) is 3. The Hall–Kier alpha value is -4.72. The summed E-state index contributed by atoms with van der Waals surface area (Å²) >= 11 is 0. The minimum Gasteiger partial charge on any atom is -0.478 e. The minimum atomic E-state index is -0.879. The van der Waals surface area contributed by atoms with Gasteiger partial charge in [-0.25, -0.2) is 23.4 Å². The van der Waals surface area contributed by atoms with Crippen LogP contribution in [0.5, 0.6) is 0 Å². The Kier molecular flexibility index (Phi) is 8.70. The van der Waals surface area contributed by atoms with Gasteiger partial charge in [0.1, 0.15) is 5.82 Å². The van der Waals surface area contributed by atoms with Crippen LogP contribution in [0.1, 0.15) is 75.2 Å². The predicted molar refractivity (Wildman–Crippen MR) is 165 cm³/mol. The maximum Gasteiger partial charge on any atom is 0.368 e. The fourth-order valence-electron chi connectivity index (χ4n) is 5.89. The van der Waals surface area contributed by atoms with E-state index in [4.69, 9.17) is 5.11 Å². The van der Waals surface area contributed by atoms with Crippen LogP contribution in [0.2, 0.25) is 0 Å². The Balaban J connectivity index is 0.000000383. The van der Waals surface area contributed by atoms with Crippen molar-refractivity contribution in [3.8, 4) is 5.69 Å². The molecule has 2 aromatic carbocycles. The van der Waals surface area contributed by atoms with E-state index in [2.05, 4.69) is 64.0 Å². The van der Waals surface area contributed by atoms with Crippen molar-refractivity contribution in [3.63, 3.8) is 0 Å². The Morgan fingerprint density at radius 3 is 2.24 bits per heavy atom. The number of hydrogen-bond donors (Lipinski definition) is 4. The van der Waals surface area contributed by atoms with Crippen molar-refractivity contribution in [2.45, 2.75) is 76.4 Å². The van der Waals surface area contributed by atoms with Gasteiger partial charge in [-0.1, -0.05) is 18.2 Å². The molecule has 0 bridgehead atoms. The number of hydrogen-bond acceptors (Lipinski definition) is 9. The van der Waals surface area contributed by atoms with Crippen LogP contribution in [0.25, 0.3) is 5.69 Å². The molecule has 6 rings (SSSR count). The first-order chi connectivity index (χ1) is 21.2. The molecule has 4 aromatic rings. The molecule has 2 aliphatic rings. The topological polar surface area (TPSA) is 152 Å². The van der Waals surface area contributed by atoms with Crippen LogP contribution in [-0.2, 0) is 7.05 Å². The van der Waals surface area contributed by atoms with Crippen molar-refractivity contribution in [2.75, 3.05) is 10.6 Å². The zero-order chi connectivity index (χ0) is 32.5.